The van der Waals surface area contributed by atoms with Crippen molar-refractivity contribution in [3.63, 3.8) is 0 Å². The molecule has 1 atom stereocenters. The van der Waals surface area contributed by atoms with Crippen LogP contribution in [0.4, 0.5) is 5.69 Å². The van der Waals surface area contributed by atoms with Crippen LogP contribution < -0.4 is 40.0 Å². The first-order chi connectivity index (χ1) is 7.95. The fourth-order valence-electron chi connectivity index (χ4n) is 1.23. The van der Waals surface area contributed by atoms with Gasteiger partial charge in [0.1, 0.15) is 5.75 Å². The predicted molar refractivity (Wildman–Crippen MR) is 60.5 cm³/mol. The fraction of sp³-hybridized carbons (Fsp3) is 0.333. The topological polar surface area (TPSA) is 89.5 Å². The van der Waals surface area contributed by atoms with E-state index >= 15 is 0 Å². The van der Waals surface area contributed by atoms with Gasteiger partial charge in [0.25, 0.3) is 0 Å². The third-order valence-corrected chi connectivity index (χ3v) is 2.55. The quantitative estimate of drug-likeness (QED) is 0.597. The molecule has 1 aromatic rings. The molecule has 0 aliphatic rings. The Labute approximate surface area is 127 Å². The molecular formula is C12H14NNaO4. The Bertz CT molecular complexity index is 448. The molecule has 0 radical (unpaired) electrons. The number of hydrogen-bond acceptors (Lipinski definition) is 4. The van der Waals surface area contributed by atoms with Crippen LogP contribution in [0.1, 0.15) is 30.6 Å². The Morgan fingerprint density at radius 1 is 1.44 bits per heavy atom. The average Bonchev–Trinajstić information content (AvgIpc) is 2.27. The number of amides is 1. The van der Waals surface area contributed by atoms with Crippen molar-refractivity contribution < 1.29 is 49.4 Å². The Kier molecular flexibility index (Phi) is 6.98. The van der Waals surface area contributed by atoms with Crippen molar-refractivity contribution in [2.24, 2.45) is 5.92 Å². The molecule has 18 heavy (non-hydrogen) atoms. The van der Waals surface area contributed by atoms with E-state index in [-0.39, 0.29) is 46.9 Å². The molecule has 0 fully saturated rings. The fourth-order valence-corrected chi connectivity index (χ4v) is 1.23. The SMILES string of the molecule is CCC(C)C(=O)Nc1ccc(C(=O)[O-])c(O)c1.[Na+]. The van der Waals surface area contributed by atoms with E-state index < -0.39 is 11.7 Å². The molecule has 0 saturated heterocycles. The Hall–Kier alpha value is -1.04. The molecule has 1 amide bonds. The number of phenols is 1. The van der Waals surface area contributed by atoms with E-state index in [2.05, 4.69) is 5.32 Å². The standard InChI is InChI=1S/C12H15NO4.Na/c1-3-7(2)11(15)13-8-4-5-9(12(16)17)10(14)6-8;/h4-7,14H,3H2,1-2H3,(H,13,15)(H,16,17);/q;+1/p-1. The number of carboxylic acids is 1. The molecule has 0 bridgehead atoms. The van der Waals surface area contributed by atoms with Crippen LogP contribution in [0.5, 0.6) is 5.75 Å². The summed E-state index contributed by atoms with van der Waals surface area (Å²) in [5, 5.41) is 22.5. The zero-order chi connectivity index (χ0) is 13.0. The molecule has 0 aromatic heterocycles. The molecular weight excluding hydrogens is 245 g/mol. The average molecular weight is 259 g/mol. The molecule has 0 saturated carbocycles. The summed E-state index contributed by atoms with van der Waals surface area (Å²) in [5.74, 6) is -2.19. The van der Waals surface area contributed by atoms with Crippen LogP contribution in [0, 0.1) is 5.92 Å². The Morgan fingerprint density at radius 2 is 2.06 bits per heavy atom. The molecule has 1 aromatic carbocycles. The second-order valence-electron chi connectivity index (χ2n) is 3.82. The molecule has 92 valence electrons. The third kappa shape index (κ3) is 4.33. The summed E-state index contributed by atoms with van der Waals surface area (Å²) < 4.78 is 0. The smallest absolute Gasteiger partial charge is 0.545 e. The first kappa shape index (κ1) is 17.0. The van der Waals surface area contributed by atoms with Gasteiger partial charge in [-0.15, -0.1) is 0 Å². The first-order valence-corrected chi connectivity index (χ1v) is 5.31. The number of anilines is 1. The maximum absolute atomic E-state index is 11.6. The van der Waals surface area contributed by atoms with Crippen molar-refractivity contribution in [3.05, 3.63) is 23.8 Å². The van der Waals surface area contributed by atoms with Gasteiger partial charge >= 0.3 is 29.6 Å². The zero-order valence-corrected chi connectivity index (χ0v) is 12.7. The van der Waals surface area contributed by atoms with Crippen molar-refractivity contribution in [2.45, 2.75) is 20.3 Å². The van der Waals surface area contributed by atoms with Gasteiger partial charge < -0.3 is 20.3 Å². The van der Waals surface area contributed by atoms with E-state index in [1.807, 2.05) is 6.92 Å². The number of aromatic hydroxyl groups is 1. The van der Waals surface area contributed by atoms with Crippen LogP contribution in [0.3, 0.4) is 0 Å². The Balaban J connectivity index is 0.00000289. The number of rotatable bonds is 4. The number of hydrogen-bond donors (Lipinski definition) is 2. The van der Waals surface area contributed by atoms with Crippen LogP contribution in [0.25, 0.3) is 0 Å². The van der Waals surface area contributed by atoms with Gasteiger partial charge in [0.2, 0.25) is 5.91 Å². The van der Waals surface area contributed by atoms with E-state index in [0.29, 0.717) is 12.1 Å². The minimum atomic E-state index is -1.46. The summed E-state index contributed by atoms with van der Waals surface area (Å²) in [6.07, 6.45) is 0.703. The second kappa shape index (κ2) is 7.41. The van der Waals surface area contributed by atoms with Crippen LogP contribution in [-0.4, -0.2) is 17.0 Å². The number of carboxylic acid groups (broad SMARTS) is 1. The number of carbonyl (C=O) groups is 2. The predicted octanol–water partition coefficient (Wildman–Crippen LogP) is -2.26. The van der Waals surface area contributed by atoms with Crippen molar-refractivity contribution in [1.82, 2.24) is 0 Å². The van der Waals surface area contributed by atoms with Crippen molar-refractivity contribution in [3.8, 4) is 5.75 Å². The van der Waals surface area contributed by atoms with Crippen LogP contribution in [0.15, 0.2) is 18.2 Å². The van der Waals surface area contributed by atoms with Crippen molar-refractivity contribution >= 4 is 17.6 Å². The van der Waals surface area contributed by atoms with E-state index in [1.165, 1.54) is 18.2 Å². The van der Waals surface area contributed by atoms with Gasteiger partial charge in [-0.3, -0.25) is 4.79 Å². The largest absolute Gasteiger partial charge is 1.00 e. The van der Waals surface area contributed by atoms with Gasteiger partial charge in [-0.1, -0.05) is 13.8 Å². The number of aromatic carboxylic acids is 1. The molecule has 1 rings (SSSR count). The van der Waals surface area contributed by atoms with E-state index in [4.69, 9.17) is 0 Å². The number of benzene rings is 1. The minimum absolute atomic E-state index is 0. The summed E-state index contributed by atoms with van der Waals surface area (Å²) in [5.41, 5.74) is 0.0596. The van der Waals surface area contributed by atoms with Crippen molar-refractivity contribution in [1.29, 1.82) is 0 Å². The van der Waals surface area contributed by atoms with Gasteiger partial charge in [0.05, 0.1) is 5.97 Å². The number of carbonyl (C=O) groups excluding carboxylic acids is 2. The van der Waals surface area contributed by atoms with Crippen molar-refractivity contribution in [2.75, 3.05) is 5.32 Å². The van der Waals surface area contributed by atoms with Gasteiger partial charge in [-0.2, -0.15) is 0 Å². The summed E-state index contributed by atoms with van der Waals surface area (Å²) in [7, 11) is 0. The molecule has 1 unspecified atom stereocenters. The zero-order valence-electron chi connectivity index (χ0n) is 10.7. The summed E-state index contributed by atoms with van der Waals surface area (Å²) in [4.78, 5) is 22.1. The van der Waals surface area contributed by atoms with Crippen LogP contribution >= 0.6 is 0 Å². The molecule has 2 N–H and O–H groups in total. The monoisotopic (exact) mass is 259 g/mol. The molecule has 6 heteroatoms. The van der Waals surface area contributed by atoms with E-state index in [0.717, 1.165) is 0 Å². The molecule has 0 heterocycles. The number of nitrogens with one attached hydrogen (secondary N) is 1. The molecule has 0 aliphatic carbocycles. The van der Waals surface area contributed by atoms with Crippen LogP contribution in [0.2, 0.25) is 0 Å². The maximum Gasteiger partial charge on any atom is 1.00 e. The summed E-state index contributed by atoms with van der Waals surface area (Å²) >= 11 is 0. The van der Waals surface area contributed by atoms with Gasteiger partial charge in [-0.25, -0.2) is 0 Å². The summed E-state index contributed by atoms with van der Waals surface area (Å²) in [6, 6.07) is 3.79. The van der Waals surface area contributed by atoms with Gasteiger partial charge in [0.15, 0.2) is 0 Å². The van der Waals surface area contributed by atoms with E-state index in [9.17, 15) is 19.8 Å². The first-order valence-electron chi connectivity index (χ1n) is 5.31. The molecule has 0 spiro atoms. The van der Waals surface area contributed by atoms with Gasteiger partial charge in [0, 0.05) is 23.2 Å². The molecule has 5 nitrogen and oxygen atoms in total. The van der Waals surface area contributed by atoms with E-state index in [1.54, 1.807) is 6.92 Å². The van der Waals surface area contributed by atoms with Crippen LogP contribution in [-0.2, 0) is 4.79 Å². The normalized spacial score (nSPS) is 11.2. The second-order valence-corrected chi connectivity index (χ2v) is 3.82. The van der Waals surface area contributed by atoms with Gasteiger partial charge in [-0.05, 0) is 18.6 Å². The Morgan fingerprint density at radius 3 is 2.50 bits per heavy atom. The summed E-state index contributed by atoms with van der Waals surface area (Å²) in [6.45, 7) is 3.67. The third-order valence-electron chi connectivity index (χ3n) is 2.55. The molecule has 0 aliphatic heterocycles. The minimum Gasteiger partial charge on any atom is -0.545 e. The maximum atomic E-state index is 11.6.